The van der Waals surface area contributed by atoms with Crippen molar-refractivity contribution in [2.75, 3.05) is 0 Å². The molecule has 3 nitrogen and oxygen atoms in total. The van der Waals surface area contributed by atoms with Crippen LogP contribution in [0.4, 0.5) is 0 Å². The Bertz CT molecular complexity index is 555. The maximum Gasteiger partial charge on any atom is 0.181 e. The van der Waals surface area contributed by atoms with Gasteiger partial charge in [-0.15, -0.1) is 0 Å². The van der Waals surface area contributed by atoms with E-state index >= 15 is 0 Å². The molecular formula is C14H12ClNO2. The second kappa shape index (κ2) is 5.65. The molecule has 1 aromatic heterocycles. The molecule has 2 rings (SSSR count). The maximum absolute atomic E-state index is 11.8. The highest BCUT2D eigenvalue weighted by atomic mass is 35.5. The van der Waals surface area contributed by atoms with Crippen molar-refractivity contribution >= 4 is 17.4 Å². The number of phenolic OH excluding ortho intramolecular Hbond substituents is 1. The van der Waals surface area contributed by atoms with E-state index in [0.717, 1.165) is 5.56 Å². The summed E-state index contributed by atoms with van der Waals surface area (Å²) in [4.78, 5) is 15.8. The summed E-state index contributed by atoms with van der Waals surface area (Å²) in [7, 11) is 0. The molecule has 0 fully saturated rings. The van der Waals surface area contributed by atoms with Gasteiger partial charge >= 0.3 is 0 Å². The number of aromatic nitrogens is 1. The Kier molecular flexibility index (Phi) is 3.95. The second-order valence-electron chi connectivity index (χ2n) is 3.92. The van der Waals surface area contributed by atoms with Gasteiger partial charge < -0.3 is 5.11 Å². The average Bonchev–Trinajstić information content (AvgIpc) is 2.41. The first-order chi connectivity index (χ1) is 8.66. The summed E-state index contributed by atoms with van der Waals surface area (Å²) < 4.78 is 0. The summed E-state index contributed by atoms with van der Waals surface area (Å²) in [6.45, 7) is 0. The third kappa shape index (κ3) is 3.08. The predicted molar refractivity (Wildman–Crippen MR) is 70.0 cm³/mol. The lowest BCUT2D eigenvalue weighted by Crippen LogP contribution is -2.03. The van der Waals surface area contributed by atoms with Crippen LogP contribution in [0.25, 0.3) is 0 Å². The molecule has 0 aliphatic carbocycles. The van der Waals surface area contributed by atoms with Crippen LogP contribution in [0, 0.1) is 0 Å². The van der Waals surface area contributed by atoms with E-state index in [0.29, 0.717) is 23.6 Å². The Morgan fingerprint density at radius 2 is 2.11 bits per heavy atom. The first-order valence-electron chi connectivity index (χ1n) is 5.58. The zero-order valence-electron chi connectivity index (χ0n) is 9.64. The number of phenols is 1. The molecule has 1 heterocycles. The Labute approximate surface area is 110 Å². The Hall–Kier alpha value is -1.87. The van der Waals surface area contributed by atoms with E-state index < -0.39 is 0 Å². The Morgan fingerprint density at radius 1 is 1.28 bits per heavy atom. The maximum atomic E-state index is 11.8. The van der Waals surface area contributed by atoms with Crippen molar-refractivity contribution in [1.29, 1.82) is 0 Å². The van der Waals surface area contributed by atoms with Crippen LogP contribution in [0.2, 0.25) is 5.02 Å². The number of carbonyl (C=O) groups excluding carboxylic acids is 1. The van der Waals surface area contributed by atoms with E-state index in [4.69, 9.17) is 11.6 Å². The van der Waals surface area contributed by atoms with Crippen LogP contribution in [0.3, 0.4) is 0 Å². The molecule has 0 spiro atoms. The molecular weight excluding hydrogens is 250 g/mol. The minimum Gasteiger partial charge on any atom is -0.506 e. The first kappa shape index (κ1) is 12.6. The van der Waals surface area contributed by atoms with Crippen LogP contribution >= 0.6 is 11.6 Å². The molecule has 0 aliphatic heterocycles. The molecule has 4 heteroatoms. The predicted octanol–water partition coefficient (Wildman–Crippen LogP) is 3.26. The number of pyridine rings is 1. The number of halogens is 1. The minimum atomic E-state index is -0.000188. The third-order valence-corrected chi connectivity index (χ3v) is 2.91. The lowest BCUT2D eigenvalue weighted by molar-refractivity contribution is 0.0978. The summed E-state index contributed by atoms with van der Waals surface area (Å²) in [5.41, 5.74) is 1.39. The SMILES string of the molecule is O=C(CCc1ccc(O)c(Cl)c1)c1ccccn1. The van der Waals surface area contributed by atoms with E-state index in [1.54, 1.807) is 36.5 Å². The Morgan fingerprint density at radius 3 is 2.78 bits per heavy atom. The van der Waals surface area contributed by atoms with Crippen molar-refractivity contribution in [1.82, 2.24) is 4.98 Å². The van der Waals surface area contributed by atoms with Crippen molar-refractivity contribution in [3.05, 3.63) is 58.9 Å². The number of aryl methyl sites for hydroxylation is 1. The summed E-state index contributed by atoms with van der Waals surface area (Å²) in [5, 5.41) is 9.59. The molecule has 1 N–H and O–H groups in total. The van der Waals surface area contributed by atoms with Crippen molar-refractivity contribution in [3.8, 4) is 5.75 Å². The summed E-state index contributed by atoms with van der Waals surface area (Å²) >= 11 is 5.80. The standard InChI is InChI=1S/C14H12ClNO2/c15-11-9-10(4-6-13(11)17)5-7-14(18)12-3-1-2-8-16-12/h1-4,6,8-9,17H,5,7H2. The van der Waals surface area contributed by atoms with E-state index in [9.17, 15) is 9.90 Å². The molecule has 0 saturated heterocycles. The molecule has 0 saturated carbocycles. The molecule has 1 aromatic carbocycles. The summed E-state index contributed by atoms with van der Waals surface area (Å²) in [6, 6.07) is 10.2. The molecule has 0 bridgehead atoms. The van der Waals surface area contributed by atoms with Gasteiger partial charge in [-0.25, -0.2) is 0 Å². The molecule has 0 aliphatic rings. The number of carbonyl (C=O) groups is 1. The number of hydrogen-bond acceptors (Lipinski definition) is 3. The molecule has 2 aromatic rings. The third-order valence-electron chi connectivity index (χ3n) is 2.60. The fraction of sp³-hybridized carbons (Fsp3) is 0.143. The normalized spacial score (nSPS) is 10.3. The van der Waals surface area contributed by atoms with Gasteiger partial charge in [0.25, 0.3) is 0 Å². The van der Waals surface area contributed by atoms with Gasteiger partial charge in [0.1, 0.15) is 11.4 Å². The number of hydrogen-bond donors (Lipinski definition) is 1. The van der Waals surface area contributed by atoms with Crippen LogP contribution < -0.4 is 0 Å². The summed E-state index contributed by atoms with van der Waals surface area (Å²) in [5.74, 6) is 0.0521. The van der Waals surface area contributed by atoms with E-state index in [-0.39, 0.29) is 11.5 Å². The molecule has 0 atom stereocenters. The number of rotatable bonds is 4. The van der Waals surface area contributed by atoms with Crippen LogP contribution in [-0.4, -0.2) is 15.9 Å². The Balaban J connectivity index is 1.99. The fourth-order valence-electron chi connectivity index (χ4n) is 1.62. The second-order valence-corrected chi connectivity index (χ2v) is 4.33. The van der Waals surface area contributed by atoms with Crippen molar-refractivity contribution < 1.29 is 9.90 Å². The number of ketones is 1. The lowest BCUT2D eigenvalue weighted by Gasteiger charge is -2.03. The van der Waals surface area contributed by atoms with Crippen molar-refractivity contribution in [3.63, 3.8) is 0 Å². The van der Waals surface area contributed by atoms with E-state index in [1.165, 1.54) is 6.07 Å². The van der Waals surface area contributed by atoms with Crippen LogP contribution in [0.1, 0.15) is 22.5 Å². The van der Waals surface area contributed by atoms with Gasteiger partial charge in [-0.05, 0) is 36.2 Å². The van der Waals surface area contributed by atoms with Crippen LogP contribution in [0.5, 0.6) is 5.75 Å². The topological polar surface area (TPSA) is 50.2 Å². The van der Waals surface area contributed by atoms with Gasteiger partial charge in [0, 0.05) is 12.6 Å². The quantitative estimate of drug-likeness (QED) is 0.860. The molecule has 0 radical (unpaired) electrons. The highest BCUT2D eigenvalue weighted by Gasteiger charge is 2.07. The van der Waals surface area contributed by atoms with Crippen molar-refractivity contribution in [2.45, 2.75) is 12.8 Å². The number of nitrogens with zero attached hydrogens (tertiary/aromatic N) is 1. The van der Waals surface area contributed by atoms with Gasteiger partial charge in [0.15, 0.2) is 5.78 Å². The van der Waals surface area contributed by atoms with Gasteiger partial charge in [-0.2, -0.15) is 0 Å². The van der Waals surface area contributed by atoms with Gasteiger partial charge in [-0.1, -0.05) is 23.7 Å². The number of aromatic hydroxyl groups is 1. The minimum absolute atomic E-state index is 0.000188. The zero-order valence-corrected chi connectivity index (χ0v) is 10.4. The van der Waals surface area contributed by atoms with Gasteiger partial charge in [0.05, 0.1) is 5.02 Å². The molecule has 18 heavy (non-hydrogen) atoms. The number of benzene rings is 1. The van der Waals surface area contributed by atoms with E-state index in [1.807, 2.05) is 0 Å². The highest BCUT2D eigenvalue weighted by molar-refractivity contribution is 6.32. The molecule has 92 valence electrons. The van der Waals surface area contributed by atoms with Crippen LogP contribution in [0.15, 0.2) is 42.6 Å². The average molecular weight is 262 g/mol. The smallest absolute Gasteiger partial charge is 0.181 e. The fourth-order valence-corrected chi connectivity index (χ4v) is 1.82. The summed E-state index contributed by atoms with van der Waals surface area (Å²) in [6.07, 6.45) is 2.55. The van der Waals surface area contributed by atoms with Gasteiger partial charge in [0.2, 0.25) is 0 Å². The van der Waals surface area contributed by atoms with Crippen LogP contribution in [-0.2, 0) is 6.42 Å². The lowest BCUT2D eigenvalue weighted by atomic mass is 10.1. The van der Waals surface area contributed by atoms with Gasteiger partial charge in [-0.3, -0.25) is 9.78 Å². The zero-order chi connectivity index (χ0) is 13.0. The largest absolute Gasteiger partial charge is 0.506 e. The number of Topliss-reactive ketones (excluding diaryl/α,β-unsaturated/α-hetero) is 1. The molecule has 0 amide bonds. The van der Waals surface area contributed by atoms with E-state index in [2.05, 4.69) is 4.98 Å². The van der Waals surface area contributed by atoms with Crippen molar-refractivity contribution in [2.24, 2.45) is 0 Å². The monoisotopic (exact) mass is 261 g/mol. The molecule has 0 unspecified atom stereocenters. The first-order valence-corrected chi connectivity index (χ1v) is 5.96. The highest BCUT2D eigenvalue weighted by Crippen LogP contribution is 2.24.